The van der Waals surface area contributed by atoms with Crippen LogP contribution in [0.2, 0.25) is 0 Å². The Hall–Kier alpha value is -1.99. The van der Waals surface area contributed by atoms with Crippen molar-refractivity contribution in [2.45, 2.75) is 63.5 Å². The second-order valence-corrected chi connectivity index (χ2v) is 8.57. The summed E-state index contributed by atoms with van der Waals surface area (Å²) in [6, 6.07) is 8.79. The van der Waals surface area contributed by atoms with Crippen LogP contribution in [-0.2, 0) is 11.2 Å². The van der Waals surface area contributed by atoms with E-state index in [2.05, 4.69) is 40.0 Å². The van der Waals surface area contributed by atoms with Gasteiger partial charge in [-0.3, -0.25) is 4.79 Å². The van der Waals surface area contributed by atoms with Gasteiger partial charge in [0.05, 0.1) is 11.5 Å². The van der Waals surface area contributed by atoms with Gasteiger partial charge in [0.2, 0.25) is 5.91 Å². The third-order valence-corrected chi connectivity index (χ3v) is 6.81. The van der Waals surface area contributed by atoms with Crippen LogP contribution in [0.1, 0.15) is 50.5 Å². The van der Waals surface area contributed by atoms with Crippen molar-refractivity contribution in [3.05, 3.63) is 29.8 Å². The molecule has 1 aromatic carbocycles. The zero-order valence-electron chi connectivity index (χ0n) is 16.1. The zero-order chi connectivity index (χ0) is 18.9. The van der Waals surface area contributed by atoms with Crippen molar-refractivity contribution >= 4 is 11.6 Å². The van der Waals surface area contributed by atoms with Crippen molar-refractivity contribution in [2.24, 2.45) is 5.41 Å². The summed E-state index contributed by atoms with van der Waals surface area (Å²) < 4.78 is 0. The molecule has 1 aliphatic carbocycles. The Morgan fingerprint density at radius 1 is 1.19 bits per heavy atom. The first kappa shape index (κ1) is 18.4. The molecule has 1 spiro atoms. The fourth-order valence-electron chi connectivity index (χ4n) is 5.28. The normalized spacial score (nSPS) is 31.3. The Morgan fingerprint density at radius 2 is 2.00 bits per heavy atom. The molecule has 3 aliphatic rings. The molecule has 1 amide bonds. The maximum atomic E-state index is 13.4. The van der Waals surface area contributed by atoms with Gasteiger partial charge in [0.1, 0.15) is 0 Å². The highest BCUT2D eigenvalue weighted by Crippen LogP contribution is 2.43. The number of anilines is 1. The minimum absolute atomic E-state index is 0.173. The molecule has 27 heavy (non-hydrogen) atoms. The number of terminal acetylenes is 1. The number of piperidine rings is 1. The van der Waals surface area contributed by atoms with Gasteiger partial charge in [0, 0.05) is 37.8 Å². The maximum Gasteiger partial charge on any atom is 0.230 e. The summed E-state index contributed by atoms with van der Waals surface area (Å²) in [6.07, 6.45) is 12.5. The number of benzene rings is 1. The van der Waals surface area contributed by atoms with E-state index in [4.69, 9.17) is 6.42 Å². The third kappa shape index (κ3) is 3.58. The van der Waals surface area contributed by atoms with Crippen molar-refractivity contribution in [3.63, 3.8) is 0 Å². The fraction of sp³-hybridized carbons (Fsp3) is 0.609. The second kappa shape index (κ2) is 7.56. The highest BCUT2D eigenvalue weighted by molar-refractivity contribution is 5.86. The highest BCUT2D eigenvalue weighted by atomic mass is 16.3. The van der Waals surface area contributed by atoms with Gasteiger partial charge in [0.25, 0.3) is 0 Å². The smallest absolute Gasteiger partial charge is 0.230 e. The number of nitrogens with zero attached hydrogens (tertiary/aromatic N) is 2. The molecule has 3 fully saturated rings. The molecule has 2 saturated heterocycles. The number of hydrogen-bond acceptors (Lipinski definition) is 3. The summed E-state index contributed by atoms with van der Waals surface area (Å²) in [7, 11) is 0. The molecular weight excluding hydrogens is 336 g/mol. The molecule has 144 valence electrons. The lowest BCUT2D eigenvalue weighted by molar-refractivity contribution is -0.139. The quantitative estimate of drug-likeness (QED) is 0.837. The van der Waals surface area contributed by atoms with Crippen molar-refractivity contribution in [1.82, 2.24) is 4.90 Å². The molecule has 2 heterocycles. The van der Waals surface area contributed by atoms with Gasteiger partial charge in [-0.2, -0.15) is 0 Å². The van der Waals surface area contributed by atoms with Gasteiger partial charge in [-0.1, -0.05) is 12.1 Å². The molecule has 0 bridgehead atoms. The van der Waals surface area contributed by atoms with Gasteiger partial charge in [-0.25, -0.2) is 0 Å². The molecule has 1 aromatic rings. The van der Waals surface area contributed by atoms with E-state index >= 15 is 0 Å². The number of aliphatic hydroxyl groups is 1. The number of amides is 1. The standard InChI is InChI=1S/C23H30N2O2/c1-2-5-18-6-3-7-20(16-18)24-14-4-12-23(17-24)13-15-25(22(23)27)19-8-10-21(26)11-9-19/h1,3,6-7,16,19,21,26H,4-5,8-15,17H2. The van der Waals surface area contributed by atoms with Gasteiger partial charge in [0.15, 0.2) is 0 Å². The molecule has 2 aliphatic heterocycles. The molecule has 0 radical (unpaired) electrons. The minimum atomic E-state index is -0.226. The number of carbonyl (C=O) groups is 1. The van der Waals surface area contributed by atoms with E-state index in [1.54, 1.807) is 0 Å². The average molecular weight is 367 g/mol. The van der Waals surface area contributed by atoms with Crippen LogP contribution >= 0.6 is 0 Å². The van der Waals surface area contributed by atoms with Crippen LogP contribution in [0, 0.1) is 17.8 Å². The highest BCUT2D eigenvalue weighted by Gasteiger charge is 2.50. The monoisotopic (exact) mass is 366 g/mol. The predicted molar refractivity (Wildman–Crippen MR) is 107 cm³/mol. The van der Waals surface area contributed by atoms with Gasteiger partial charge < -0.3 is 14.9 Å². The Balaban J connectivity index is 1.48. The first-order valence-electron chi connectivity index (χ1n) is 10.4. The van der Waals surface area contributed by atoms with Gasteiger partial charge in [-0.15, -0.1) is 12.3 Å². The molecule has 4 rings (SSSR count). The molecule has 1 saturated carbocycles. The SMILES string of the molecule is C#CCc1cccc(N2CCCC3(CCN(C4CCC(O)CC4)C3=O)C2)c1. The lowest BCUT2D eigenvalue weighted by Gasteiger charge is -2.41. The lowest BCUT2D eigenvalue weighted by Crippen LogP contribution is -2.50. The number of carbonyl (C=O) groups excluding carboxylic acids is 1. The van der Waals surface area contributed by atoms with Crippen LogP contribution in [-0.4, -0.2) is 47.7 Å². The van der Waals surface area contributed by atoms with E-state index in [1.165, 1.54) is 5.69 Å². The third-order valence-electron chi connectivity index (χ3n) is 6.81. The number of aliphatic hydroxyl groups excluding tert-OH is 1. The Morgan fingerprint density at radius 3 is 2.78 bits per heavy atom. The van der Waals surface area contributed by atoms with Crippen LogP contribution in [0.5, 0.6) is 0 Å². The van der Waals surface area contributed by atoms with Crippen molar-refractivity contribution in [1.29, 1.82) is 0 Å². The van der Waals surface area contributed by atoms with Crippen LogP contribution in [0.25, 0.3) is 0 Å². The fourth-order valence-corrected chi connectivity index (χ4v) is 5.28. The number of likely N-dealkylation sites (tertiary alicyclic amines) is 1. The largest absolute Gasteiger partial charge is 0.393 e. The van der Waals surface area contributed by atoms with Gasteiger partial charge >= 0.3 is 0 Å². The Kier molecular flexibility index (Phi) is 5.14. The second-order valence-electron chi connectivity index (χ2n) is 8.57. The summed E-state index contributed by atoms with van der Waals surface area (Å²) in [5.41, 5.74) is 2.12. The summed E-state index contributed by atoms with van der Waals surface area (Å²) in [6.45, 7) is 2.70. The average Bonchev–Trinajstić information content (AvgIpc) is 2.99. The van der Waals surface area contributed by atoms with E-state index in [0.29, 0.717) is 18.4 Å². The first-order chi connectivity index (χ1) is 13.1. The lowest BCUT2D eigenvalue weighted by atomic mass is 9.78. The first-order valence-corrected chi connectivity index (χ1v) is 10.4. The molecule has 0 aromatic heterocycles. The summed E-state index contributed by atoms with van der Waals surface area (Å²) in [4.78, 5) is 17.9. The van der Waals surface area contributed by atoms with E-state index < -0.39 is 0 Å². The number of hydrogen-bond donors (Lipinski definition) is 1. The van der Waals surface area contributed by atoms with E-state index in [-0.39, 0.29) is 11.5 Å². The van der Waals surface area contributed by atoms with Crippen LogP contribution < -0.4 is 4.90 Å². The minimum Gasteiger partial charge on any atom is -0.393 e. The van der Waals surface area contributed by atoms with Crippen molar-refractivity contribution < 1.29 is 9.90 Å². The Labute approximate surface area is 162 Å². The van der Waals surface area contributed by atoms with Gasteiger partial charge in [-0.05, 0) is 62.6 Å². The predicted octanol–water partition coefficient (Wildman–Crippen LogP) is 2.98. The van der Waals surface area contributed by atoms with E-state index in [0.717, 1.165) is 70.1 Å². The molecular formula is C23H30N2O2. The molecule has 1 unspecified atom stereocenters. The number of rotatable bonds is 3. The van der Waals surface area contributed by atoms with Crippen molar-refractivity contribution in [3.8, 4) is 12.3 Å². The maximum absolute atomic E-state index is 13.4. The summed E-state index contributed by atoms with van der Waals surface area (Å²) >= 11 is 0. The summed E-state index contributed by atoms with van der Waals surface area (Å²) in [5, 5.41) is 9.78. The topological polar surface area (TPSA) is 43.8 Å². The summed E-state index contributed by atoms with van der Waals surface area (Å²) in [5.74, 6) is 3.07. The molecule has 1 N–H and O–H groups in total. The van der Waals surface area contributed by atoms with E-state index in [1.807, 2.05) is 0 Å². The van der Waals surface area contributed by atoms with Crippen molar-refractivity contribution in [2.75, 3.05) is 24.5 Å². The Bertz CT molecular complexity index is 732. The van der Waals surface area contributed by atoms with Crippen LogP contribution in [0.4, 0.5) is 5.69 Å². The molecule has 4 nitrogen and oxygen atoms in total. The molecule has 4 heteroatoms. The molecule has 1 atom stereocenters. The zero-order valence-corrected chi connectivity index (χ0v) is 16.1. The van der Waals surface area contributed by atoms with Crippen LogP contribution in [0.15, 0.2) is 24.3 Å². The van der Waals surface area contributed by atoms with E-state index in [9.17, 15) is 9.90 Å². The van der Waals surface area contributed by atoms with Crippen LogP contribution in [0.3, 0.4) is 0 Å².